The number of hydrogen-bond acceptors (Lipinski definition) is 2. The molecule has 0 bridgehead atoms. The second-order valence-electron chi connectivity index (χ2n) is 3.27. The highest BCUT2D eigenvalue weighted by molar-refractivity contribution is 9.10. The van der Waals surface area contributed by atoms with Crippen LogP contribution in [0, 0.1) is 0 Å². The Morgan fingerprint density at radius 3 is 2.85 bits per heavy atom. The fourth-order valence-electron chi connectivity index (χ4n) is 1.60. The number of hydrogen-bond donors (Lipinski definition) is 1. The van der Waals surface area contributed by atoms with Gasteiger partial charge in [-0.05, 0) is 17.7 Å². The third-order valence-corrected chi connectivity index (χ3v) is 2.82. The average molecular weight is 243 g/mol. The van der Waals surface area contributed by atoms with Crippen LogP contribution in [0.2, 0.25) is 0 Å². The third-order valence-electron chi connectivity index (χ3n) is 2.33. The molecule has 0 radical (unpaired) electrons. The van der Waals surface area contributed by atoms with Crippen molar-refractivity contribution in [2.75, 3.05) is 13.2 Å². The van der Waals surface area contributed by atoms with Crippen LogP contribution in [0.4, 0.5) is 0 Å². The molecule has 13 heavy (non-hydrogen) atoms. The van der Waals surface area contributed by atoms with Gasteiger partial charge >= 0.3 is 0 Å². The SMILES string of the molecule is OC1COCC1c1cccc(Br)c1. The van der Waals surface area contributed by atoms with Crippen molar-refractivity contribution in [3.63, 3.8) is 0 Å². The van der Waals surface area contributed by atoms with Crippen molar-refractivity contribution < 1.29 is 9.84 Å². The number of benzene rings is 1. The summed E-state index contributed by atoms with van der Waals surface area (Å²) in [6, 6.07) is 8.01. The molecule has 2 unspecified atom stereocenters. The van der Waals surface area contributed by atoms with Crippen LogP contribution >= 0.6 is 15.9 Å². The molecular formula is C10H11BrO2. The quantitative estimate of drug-likeness (QED) is 0.816. The molecule has 1 heterocycles. The first kappa shape index (κ1) is 9.19. The molecule has 1 N–H and O–H groups in total. The monoisotopic (exact) mass is 242 g/mol. The summed E-state index contributed by atoms with van der Waals surface area (Å²) < 4.78 is 6.24. The second-order valence-corrected chi connectivity index (χ2v) is 4.18. The summed E-state index contributed by atoms with van der Waals surface area (Å²) >= 11 is 3.41. The standard InChI is InChI=1S/C10H11BrO2/c11-8-3-1-2-7(4-8)9-5-13-6-10(9)12/h1-4,9-10,12H,5-6H2. The summed E-state index contributed by atoms with van der Waals surface area (Å²) in [5, 5.41) is 9.59. The van der Waals surface area contributed by atoms with Crippen LogP contribution in [-0.2, 0) is 4.74 Å². The van der Waals surface area contributed by atoms with Gasteiger partial charge in [0.1, 0.15) is 0 Å². The lowest BCUT2D eigenvalue weighted by Gasteiger charge is -2.12. The van der Waals surface area contributed by atoms with Crippen LogP contribution in [-0.4, -0.2) is 24.4 Å². The Morgan fingerprint density at radius 2 is 2.23 bits per heavy atom. The van der Waals surface area contributed by atoms with E-state index in [4.69, 9.17) is 4.74 Å². The molecule has 3 heteroatoms. The molecule has 1 saturated heterocycles. The maximum absolute atomic E-state index is 9.59. The molecule has 0 spiro atoms. The topological polar surface area (TPSA) is 29.5 Å². The first-order valence-electron chi connectivity index (χ1n) is 4.28. The van der Waals surface area contributed by atoms with Crippen LogP contribution < -0.4 is 0 Å². The lowest BCUT2D eigenvalue weighted by Crippen LogP contribution is -2.15. The van der Waals surface area contributed by atoms with Gasteiger partial charge in [-0.3, -0.25) is 0 Å². The van der Waals surface area contributed by atoms with Crippen LogP contribution in [0.25, 0.3) is 0 Å². The van der Waals surface area contributed by atoms with Crippen LogP contribution in [0.5, 0.6) is 0 Å². The van der Waals surface area contributed by atoms with Crippen molar-refractivity contribution in [1.29, 1.82) is 0 Å². The Balaban J connectivity index is 2.24. The molecule has 0 saturated carbocycles. The van der Waals surface area contributed by atoms with Crippen molar-refractivity contribution in [2.24, 2.45) is 0 Å². The van der Waals surface area contributed by atoms with Gasteiger partial charge in [0, 0.05) is 10.4 Å². The lowest BCUT2D eigenvalue weighted by molar-refractivity contribution is 0.124. The predicted octanol–water partition coefficient (Wildman–Crippen LogP) is 1.92. The Hall–Kier alpha value is -0.380. The fraction of sp³-hybridized carbons (Fsp3) is 0.400. The van der Waals surface area contributed by atoms with Gasteiger partial charge in [0.05, 0.1) is 19.3 Å². The van der Waals surface area contributed by atoms with E-state index >= 15 is 0 Å². The van der Waals surface area contributed by atoms with E-state index in [0.717, 1.165) is 10.0 Å². The zero-order valence-electron chi connectivity index (χ0n) is 7.11. The Labute approximate surface area is 85.7 Å². The molecule has 0 aliphatic carbocycles. The first-order valence-corrected chi connectivity index (χ1v) is 5.08. The molecule has 1 aromatic rings. The molecule has 1 aliphatic rings. The third kappa shape index (κ3) is 1.93. The van der Waals surface area contributed by atoms with Crippen molar-refractivity contribution in [2.45, 2.75) is 12.0 Å². The van der Waals surface area contributed by atoms with Gasteiger partial charge in [0.25, 0.3) is 0 Å². The van der Waals surface area contributed by atoms with Gasteiger partial charge in [-0.2, -0.15) is 0 Å². The molecule has 2 atom stereocenters. The highest BCUT2D eigenvalue weighted by Crippen LogP contribution is 2.27. The van der Waals surface area contributed by atoms with E-state index in [-0.39, 0.29) is 12.0 Å². The van der Waals surface area contributed by atoms with Gasteiger partial charge < -0.3 is 9.84 Å². The van der Waals surface area contributed by atoms with Gasteiger partial charge in [-0.15, -0.1) is 0 Å². The number of aliphatic hydroxyl groups is 1. The minimum absolute atomic E-state index is 0.137. The normalized spacial score (nSPS) is 27.8. The van der Waals surface area contributed by atoms with E-state index in [1.54, 1.807) is 0 Å². The van der Waals surface area contributed by atoms with E-state index in [1.165, 1.54) is 0 Å². The summed E-state index contributed by atoms with van der Waals surface area (Å²) in [7, 11) is 0. The van der Waals surface area contributed by atoms with Crippen molar-refractivity contribution in [3.8, 4) is 0 Å². The van der Waals surface area contributed by atoms with Gasteiger partial charge in [-0.1, -0.05) is 28.1 Å². The van der Waals surface area contributed by atoms with E-state index in [0.29, 0.717) is 13.2 Å². The van der Waals surface area contributed by atoms with Gasteiger partial charge in [0.2, 0.25) is 0 Å². The minimum atomic E-state index is -0.353. The van der Waals surface area contributed by atoms with Crippen LogP contribution in [0.1, 0.15) is 11.5 Å². The summed E-state index contributed by atoms with van der Waals surface area (Å²) in [5.74, 6) is 0.137. The van der Waals surface area contributed by atoms with Crippen molar-refractivity contribution >= 4 is 15.9 Å². The summed E-state index contributed by atoms with van der Waals surface area (Å²) in [6.07, 6.45) is -0.353. The number of aliphatic hydroxyl groups excluding tert-OH is 1. The van der Waals surface area contributed by atoms with E-state index in [1.807, 2.05) is 24.3 Å². The second kappa shape index (κ2) is 3.78. The molecule has 0 amide bonds. The molecule has 0 aromatic heterocycles. The zero-order chi connectivity index (χ0) is 9.26. The molecule has 1 aromatic carbocycles. The molecular weight excluding hydrogens is 232 g/mol. The highest BCUT2D eigenvalue weighted by atomic mass is 79.9. The fourth-order valence-corrected chi connectivity index (χ4v) is 2.02. The zero-order valence-corrected chi connectivity index (χ0v) is 8.70. The van der Waals surface area contributed by atoms with E-state index < -0.39 is 0 Å². The van der Waals surface area contributed by atoms with Crippen LogP contribution in [0.15, 0.2) is 28.7 Å². The maximum Gasteiger partial charge on any atom is 0.0864 e. The summed E-state index contributed by atoms with van der Waals surface area (Å²) in [4.78, 5) is 0. The summed E-state index contributed by atoms with van der Waals surface area (Å²) in [6.45, 7) is 1.08. The first-order chi connectivity index (χ1) is 6.27. The van der Waals surface area contributed by atoms with Crippen LogP contribution in [0.3, 0.4) is 0 Å². The Morgan fingerprint density at radius 1 is 1.38 bits per heavy atom. The minimum Gasteiger partial charge on any atom is -0.390 e. The van der Waals surface area contributed by atoms with E-state index in [9.17, 15) is 5.11 Å². The number of rotatable bonds is 1. The van der Waals surface area contributed by atoms with Crippen molar-refractivity contribution in [3.05, 3.63) is 34.3 Å². The average Bonchev–Trinajstić information content (AvgIpc) is 2.51. The smallest absolute Gasteiger partial charge is 0.0864 e. The van der Waals surface area contributed by atoms with Crippen molar-refractivity contribution in [1.82, 2.24) is 0 Å². The molecule has 1 fully saturated rings. The largest absolute Gasteiger partial charge is 0.390 e. The summed E-state index contributed by atoms with van der Waals surface area (Å²) in [5.41, 5.74) is 1.14. The number of halogens is 1. The Bertz CT molecular complexity index is 301. The molecule has 1 aliphatic heterocycles. The van der Waals surface area contributed by atoms with Gasteiger partial charge in [-0.25, -0.2) is 0 Å². The number of ether oxygens (including phenoxy) is 1. The van der Waals surface area contributed by atoms with Gasteiger partial charge in [0.15, 0.2) is 0 Å². The molecule has 70 valence electrons. The lowest BCUT2D eigenvalue weighted by atomic mass is 9.97. The van der Waals surface area contributed by atoms with E-state index in [2.05, 4.69) is 15.9 Å². The predicted molar refractivity (Wildman–Crippen MR) is 53.7 cm³/mol. The highest BCUT2D eigenvalue weighted by Gasteiger charge is 2.27. The molecule has 2 nitrogen and oxygen atoms in total. The Kier molecular flexibility index (Phi) is 2.67. The molecule has 2 rings (SSSR count). The maximum atomic E-state index is 9.59.